The third kappa shape index (κ3) is 2.65. The van der Waals surface area contributed by atoms with E-state index in [1.165, 1.54) is 0 Å². The maximum atomic E-state index is 6.05. The molecule has 4 nitrogen and oxygen atoms in total. The molecule has 0 fully saturated rings. The molecule has 2 aromatic rings. The van der Waals surface area contributed by atoms with Gasteiger partial charge in [-0.15, -0.1) is 0 Å². The highest BCUT2D eigenvalue weighted by Gasteiger charge is 2.10. The summed E-state index contributed by atoms with van der Waals surface area (Å²) in [6.45, 7) is 2.06. The second-order valence-corrected chi connectivity index (χ2v) is 4.00. The molecule has 1 heterocycles. The van der Waals surface area contributed by atoms with Crippen LogP contribution >= 0.6 is 0 Å². The number of nitrogens with two attached hydrogens (primary N) is 1. The van der Waals surface area contributed by atoms with Crippen molar-refractivity contribution in [3.05, 3.63) is 42.2 Å². The molecule has 0 bridgehead atoms. The van der Waals surface area contributed by atoms with Crippen LogP contribution < -0.4 is 10.5 Å². The Morgan fingerprint density at radius 1 is 1.41 bits per heavy atom. The first kappa shape index (κ1) is 11.7. The molecule has 17 heavy (non-hydrogen) atoms. The lowest BCUT2D eigenvalue weighted by Crippen LogP contribution is -2.09. The molecule has 2 rings (SSSR count). The third-order valence-corrected chi connectivity index (χ3v) is 2.67. The first-order valence-electron chi connectivity index (χ1n) is 5.71. The number of ether oxygens (including phenoxy) is 1. The fourth-order valence-electron chi connectivity index (χ4n) is 1.68. The Morgan fingerprint density at radius 3 is 2.82 bits per heavy atom. The zero-order chi connectivity index (χ0) is 12.3. The van der Waals surface area contributed by atoms with Gasteiger partial charge >= 0.3 is 0 Å². The fraction of sp³-hybridized carbons (Fsp3) is 0.308. The van der Waals surface area contributed by atoms with Crippen molar-refractivity contribution in [1.82, 2.24) is 9.78 Å². The SMILES string of the molecule is CC[C@H](N)c1ccccc1Oc1cnn(C)c1. The molecule has 0 unspecified atom stereocenters. The number of rotatable bonds is 4. The molecule has 0 spiro atoms. The van der Waals surface area contributed by atoms with Crippen LogP contribution in [0.15, 0.2) is 36.7 Å². The molecule has 90 valence electrons. The second-order valence-electron chi connectivity index (χ2n) is 4.00. The number of aromatic nitrogens is 2. The summed E-state index contributed by atoms with van der Waals surface area (Å²) in [6, 6.07) is 7.85. The van der Waals surface area contributed by atoms with Crippen LogP contribution in [0.1, 0.15) is 24.9 Å². The summed E-state index contributed by atoms with van der Waals surface area (Å²) in [5, 5.41) is 4.07. The largest absolute Gasteiger partial charge is 0.454 e. The molecule has 1 aromatic carbocycles. The van der Waals surface area contributed by atoms with E-state index in [1.807, 2.05) is 37.5 Å². The average molecular weight is 231 g/mol. The summed E-state index contributed by atoms with van der Waals surface area (Å²) in [7, 11) is 1.86. The van der Waals surface area contributed by atoms with E-state index in [-0.39, 0.29) is 6.04 Å². The second kappa shape index (κ2) is 5.01. The van der Waals surface area contributed by atoms with Gasteiger partial charge in [-0.05, 0) is 12.5 Å². The van der Waals surface area contributed by atoms with E-state index < -0.39 is 0 Å². The van der Waals surface area contributed by atoms with E-state index in [1.54, 1.807) is 10.9 Å². The van der Waals surface area contributed by atoms with Gasteiger partial charge in [0, 0.05) is 18.7 Å². The fourth-order valence-corrected chi connectivity index (χ4v) is 1.68. The number of benzene rings is 1. The molecule has 0 saturated heterocycles. The van der Waals surface area contributed by atoms with Crippen molar-refractivity contribution in [2.24, 2.45) is 12.8 Å². The van der Waals surface area contributed by atoms with E-state index in [2.05, 4.69) is 12.0 Å². The summed E-state index contributed by atoms with van der Waals surface area (Å²) in [6.07, 6.45) is 4.40. The maximum Gasteiger partial charge on any atom is 0.165 e. The quantitative estimate of drug-likeness (QED) is 0.880. The van der Waals surface area contributed by atoms with Gasteiger partial charge in [0.2, 0.25) is 0 Å². The van der Waals surface area contributed by atoms with Crippen LogP contribution in [-0.2, 0) is 7.05 Å². The van der Waals surface area contributed by atoms with Crippen molar-refractivity contribution in [3.8, 4) is 11.5 Å². The van der Waals surface area contributed by atoms with Gasteiger partial charge < -0.3 is 10.5 Å². The van der Waals surface area contributed by atoms with Gasteiger partial charge in [-0.3, -0.25) is 4.68 Å². The van der Waals surface area contributed by atoms with Crippen molar-refractivity contribution in [3.63, 3.8) is 0 Å². The zero-order valence-electron chi connectivity index (χ0n) is 10.1. The molecular weight excluding hydrogens is 214 g/mol. The summed E-state index contributed by atoms with van der Waals surface area (Å²) >= 11 is 0. The highest BCUT2D eigenvalue weighted by molar-refractivity contribution is 5.38. The molecule has 1 atom stereocenters. The summed E-state index contributed by atoms with van der Waals surface area (Å²) in [5.74, 6) is 1.53. The normalized spacial score (nSPS) is 12.4. The molecule has 0 radical (unpaired) electrons. The lowest BCUT2D eigenvalue weighted by Gasteiger charge is -2.14. The molecular formula is C13H17N3O. The minimum absolute atomic E-state index is 0.00266. The van der Waals surface area contributed by atoms with Gasteiger partial charge in [-0.2, -0.15) is 5.10 Å². The minimum Gasteiger partial charge on any atom is -0.454 e. The molecule has 4 heteroatoms. The molecule has 0 aliphatic carbocycles. The van der Waals surface area contributed by atoms with Crippen molar-refractivity contribution in [1.29, 1.82) is 0 Å². The molecule has 0 saturated carbocycles. The monoisotopic (exact) mass is 231 g/mol. The Kier molecular flexibility index (Phi) is 3.44. The standard InChI is InChI=1S/C13H17N3O/c1-3-12(14)11-6-4-5-7-13(11)17-10-8-15-16(2)9-10/h4-9,12H,3,14H2,1-2H3/t12-/m0/s1. The van der Waals surface area contributed by atoms with E-state index in [4.69, 9.17) is 10.5 Å². The van der Waals surface area contributed by atoms with Gasteiger partial charge in [0.15, 0.2) is 5.75 Å². The highest BCUT2D eigenvalue weighted by atomic mass is 16.5. The lowest BCUT2D eigenvalue weighted by molar-refractivity contribution is 0.468. The van der Waals surface area contributed by atoms with Crippen molar-refractivity contribution in [2.45, 2.75) is 19.4 Å². The predicted octanol–water partition coefficient (Wildman–Crippen LogP) is 2.62. The summed E-state index contributed by atoms with van der Waals surface area (Å²) in [4.78, 5) is 0. The molecule has 2 N–H and O–H groups in total. The third-order valence-electron chi connectivity index (χ3n) is 2.67. The Morgan fingerprint density at radius 2 is 2.18 bits per heavy atom. The smallest absolute Gasteiger partial charge is 0.165 e. The first-order valence-corrected chi connectivity index (χ1v) is 5.71. The van der Waals surface area contributed by atoms with Crippen LogP contribution in [0.25, 0.3) is 0 Å². The van der Waals surface area contributed by atoms with Gasteiger partial charge in [-0.1, -0.05) is 25.1 Å². The van der Waals surface area contributed by atoms with Gasteiger partial charge in [0.25, 0.3) is 0 Å². The van der Waals surface area contributed by atoms with Crippen LogP contribution in [0.2, 0.25) is 0 Å². The number of hydrogen-bond donors (Lipinski definition) is 1. The van der Waals surface area contributed by atoms with Crippen molar-refractivity contribution < 1.29 is 4.74 Å². The molecule has 0 aliphatic heterocycles. The van der Waals surface area contributed by atoms with E-state index in [9.17, 15) is 0 Å². The topological polar surface area (TPSA) is 53.1 Å². The summed E-state index contributed by atoms with van der Waals surface area (Å²) < 4.78 is 7.50. The van der Waals surface area contributed by atoms with Gasteiger partial charge in [-0.25, -0.2) is 0 Å². The predicted molar refractivity (Wildman–Crippen MR) is 66.9 cm³/mol. The van der Waals surface area contributed by atoms with E-state index >= 15 is 0 Å². The van der Waals surface area contributed by atoms with Crippen LogP contribution in [0.5, 0.6) is 11.5 Å². The first-order chi connectivity index (χ1) is 8.20. The van der Waals surface area contributed by atoms with Crippen LogP contribution in [0.4, 0.5) is 0 Å². The van der Waals surface area contributed by atoms with Crippen molar-refractivity contribution in [2.75, 3.05) is 0 Å². The zero-order valence-corrected chi connectivity index (χ0v) is 10.1. The number of hydrogen-bond acceptors (Lipinski definition) is 3. The van der Waals surface area contributed by atoms with Crippen molar-refractivity contribution >= 4 is 0 Å². The van der Waals surface area contributed by atoms with Gasteiger partial charge in [0.1, 0.15) is 5.75 Å². The van der Waals surface area contributed by atoms with Gasteiger partial charge in [0.05, 0.1) is 12.4 Å². The number of aryl methyl sites for hydroxylation is 1. The van der Waals surface area contributed by atoms with Crippen LogP contribution in [0, 0.1) is 0 Å². The Balaban J connectivity index is 2.26. The molecule has 0 aliphatic rings. The average Bonchev–Trinajstić information content (AvgIpc) is 2.74. The Hall–Kier alpha value is -1.81. The maximum absolute atomic E-state index is 6.05. The Bertz CT molecular complexity index is 493. The van der Waals surface area contributed by atoms with E-state index in [0.717, 1.165) is 23.5 Å². The Labute approximate surface area is 101 Å². The minimum atomic E-state index is 0.00266. The van der Waals surface area contributed by atoms with Crippen LogP contribution in [0.3, 0.4) is 0 Å². The lowest BCUT2D eigenvalue weighted by atomic mass is 10.0. The number of para-hydroxylation sites is 1. The van der Waals surface area contributed by atoms with E-state index in [0.29, 0.717) is 0 Å². The highest BCUT2D eigenvalue weighted by Crippen LogP contribution is 2.29. The number of nitrogens with zero attached hydrogens (tertiary/aromatic N) is 2. The van der Waals surface area contributed by atoms with Crippen LogP contribution in [-0.4, -0.2) is 9.78 Å². The summed E-state index contributed by atoms with van der Waals surface area (Å²) in [5.41, 5.74) is 7.08. The molecule has 1 aromatic heterocycles. The molecule has 0 amide bonds.